The van der Waals surface area contributed by atoms with Gasteiger partial charge in [-0.25, -0.2) is 0 Å². The van der Waals surface area contributed by atoms with Crippen molar-refractivity contribution in [1.82, 2.24) is 36.0 Å². The van der Waals surface area contributed by atoms with E-state index >= 15 is 0 Å². The van der Waals surface area contributed by atoms with Gasteiger partial charge in [0.05, 0.1) is 23.1 Å². The lowest BCUT2D eigenvalue weighted by atomic mass is 10.0. The van der Waals surface area contributed by atoms with E-state index in [-0.39, 0.29) is 29.8 Å². The van der Waals surface area contributed by atoms with Crippen LogP contribution in [0.1, 0.15) is 29.9 Å². The number of nitrogens with one attached hydrogen (secondary N) is 4. The molecule has 190 valence electrons. The number of H-pyrrole nitrogens is 1. The number of carbonyl (C=O) groups is 1. The number of para-hydroxylation sites is 2. The highest BCUT2D eigenvalue weighted by Crippen LogP contribution is 2.44. The maximum Gasteiger partial charge on any atom is 0.292 e. The number of fused-ring (bicyclic) bond motifs is 1. The zero-order valence-corrected chi connectivity index (χ0v) is 20.1. The van der Waals surface area contributed by atoms with E-state index in [2.05, 4.69) is 41.0 Å². The maximum absolute atomic E-state index is 13.1. The number of aromatic amines is 1. The molecule has 2 saturated heterocycles. The molecule has 1 aromatic heterocycles. The molecule has 0 aliphatic carbocycles. The van der Waals surface area contributed by atoms with E-state index in [1.165, 1.54) is 0 Å². The summed E-state index contributed by atoms with van der Waals surface area (Å²) >= 11 is 0. The normalized spacial score (nSPS) is 25.1. The topological polar surface area (TPSA) is 137 Å². The molecule has 5 heterocycles. The summed E-state index contributed by atoms with van der Waals surface area (Å²) in [6, 6.07) is 8.12. The number of benzene rings is 1. The van der Waals surface area contributed by atoms with Gasteiger partial charge < -0.3 is 26.0 Å². The number of hydrogen-bond donors (Lipinski definition) is 5. The average Bonchev–Trinajstić information content (AvgIpc) is 3.52. The summed E-state index contributed by atoms with van der Waals surface area (Å²) in [5, 5.41) is 28.2. The third kappa shape index (κ3) is 4.26. The predicted octanol–water partition coefficient (Wildman–Crippen LogP) is 0.110. The Morgan fingerprint density at radius 2 is 1.81 bits per heavy atom. The van der Waals surface area contributed by atoms with Crippen molar-refractivity contribution in [2.24, 2.45) is 4.99 Å². The molecule has 12 heteroatoms. The second kappa shape index (κ2) is 9.97. The van der Waals surface area contributed by atoms with E-state index in [4.69, 9.17) is 0 Å². The molecule has 2 aromatic rings. The molecule has 6 rings (SSSR count). The van der Waals surface area contributed by atoms with E-state index in [9.17, 15) is 9.90 Å². The largest absolute Gasteiger partial charge is 0.356 e. The van der Waals surface area contributed by atoms with Gasteiger partial charge >= 0.3 is 0 Å². The Kier molecular flexibility index (Phi) is 6.40. The Morgan fingerprint density at radius 3 is 2.61 bits per heavy atom. The SMILES string of the molecule is O=C(NC1=CN=CCC1N1CCNCC1)c1nc(N2c3ccccc3N(C3CCNCC3)C2O)n[nH]1. The summed E-state index contributed by atoms with van der Waals surface area (Å²) in [4.78, 5) is 28.0. The summed E-state index contributed by atoms with van der Waals surface area (Å²) in [5.74, 6) is -0.0373. The number of aliphatic imine (C=N–C) groups is 1. The molecule has 2 atom stereocenters. The predicted molar refractivity (Wildman–Crippen MR) is 136 cm³/mol. The standard InChI is InChI=1S/C24H32N10O2/c35-22(28-17-15-27-10-7-18(17)32-13-11-26-12-14-32)21-29-23(31-30-21)34-20-4-2-1-3-19(20)33(24(34)36)16-5-8-25-9-6-16/h1-4,10,15-16,18,24-26,36H,5-9,11-14H2,(H,28,35)(H,29,30,31). The number of aliphatic hydroxyl groups excluding tert-OH is 1. The quantitative estimate of drug-likeness (QED) is 0.394. The number of aromatic nitrogens is 3. The van der Waals surface area contributed by atoms with Crippen LogP contribution in [-0.2, 0) is 0 Å². The van der Waals surface area contributed by atoms with Crippen molar-refractivity contribution < 1.29 is 9.90 Å². The molecule has 36 heavy (non-hydrogen) atoms. The first-order chi connectivity index (χ1) is 17.7. The van der Waals surface area contributed by atoms with Crippen molar-refractivity contribution in [2.75, 3.05) is 49.1 Å². The smallest absolute Gasteiger partial charge is 0.292 e. The molecule has 5 N–H and O–H groups in total. The van der Waals surface area contributed by atoms with Crippen molar-refractivity contribution in [2.45, 2.75) is 37.7 Å². The Labute approximate surface area is 209 Å². The van der Waals surface area contributed by atoms with Crippen molar-refractivity contribution in [1.29, 1.82) is 0 Å². The van der Waals surface area contributed by atoms with Crippen LogP contribution in [0, 0.1) is 0 Å². The molecule has 0 bridgehead atoms. The minimum atomic E-state index is -0.954. The van der Waals surface area contributed by atoms with Crippen LogP contribution in [0.15, 0.2) is 41.2 Å². The van der Waals surface area contributed by atoms with Gasteiger partial charge in [0.2, 0.25) is 12.2 Å². The van der Waals surface area contributed by atoms with Gasteiger partial charge in [-0.05, 0) is 38.1 Å². The monoisotopic (exact) mass is 492 g/mol. The maximum atomic E-state index is 13.1. The zero-order chi connectivity index (χ0) is 24.5. The van der Waals surface area contributed by atoms with Gasteiger partial charge in [-0.2, -0.15) is 4.98 Å². The number of amides is 1. The van der Waals surface area contributed by atoms with E-state index < -0.39 is 6.35 Å². The fraction of sp³-hybridized carbons (Fsp3) is 0.500. The number of aliphatic hydroxyl groups is 1. The molecule has 1 aromatic carbocycles. The van der Waals surface area contributed by atoms with Gasteiger partial charge in [0.1, 0.15) is 0 Å². The molecule has 4 aliphatic rings. The minimum absolute atomic E-state index is 0.0711. The summed E-state index contributed by atoms with van der Waals surface area (Å²) in [6.45, 7) is 5.50. The summed E-state index contributed by atoms with van der Waals surface area (Å²) in [6.07, 6.45) is 5.26. The number of anilines is 3. The van der Waals surface area contributed by atoms with E-state index in [1.54, 1.807) is 11.1 Å². The van der Waals surface area contributed by atoms with Crippen LogP contribution < -0.4 is 25.8 Å². The van der Waals surface area contributed by atoms with Gasteiger partial charge in [-0.1, -0.05) is 12.1 Å². The molecular weight excluding hydrogens is 460 g/mol. The van der Waals surface area contributed by atoms with Crippen LogP contribution in [-0.4, -0.2) is 95.0 Å². The Morgan fingerprint density at radius 1 is 1.06 bits per heavy atom. The summed E-state index contributed by atoms with van der Waals surface area (Å²) in [7, 11) is 0. The van der Waals surface area contributed by atoms with Crippen LogP contribution in [0.3, 0.4) is 0 Å². The third-order valence-electron chi connectivity index (χ3n) is 7.36. The number of hydrogen-bond acceptors (Lipinski definition) is 10. The summed E-state index contributed by atoms with van der Waals surface area (Å²) in [5.41, 5.74) is 2.51. The average molecular weight is 493 g/mol. The molecule has 0 saturated carbocycles. The van der Waals surface area contributed by atoms with Crippen LogP contribution >= 0.6 is 0 Å². The van der Waals surface area contributed by atoms with Crippen molar-refractivity contribution in [3.05, 3.63) is 42.0 Å². The fourth-order valence-electron chi connectivity index (χ4n) is 5.55. The molecule has 0 spiro atoms. The van der Waals surface area contributed by atoms with Crippen LogP contribution in [0.4, 0.5) is 17.3 Å². The number of rotatable bonds is 5. The Balaban J connectivity index is 1.21. The van der Waals surface area contributed by atoms with Gasteiger partial charge in [-0.15, -0.1) is 5.10 Å². The lowest BCUT2D eigenvalue weighted by Gasteiger charge is -2.36. The van der Waals surface area contributed by atoms with Crippen molar-refractivity contribution >= 4 is 29.4 Å². The van der Waals surface area contributed by atoms with Gasteiger partial charge in [0.25, 0.3) is 11.9 Å². The highest BCUT2D eigenvalue weighted by molar-refractivity contribution is 5.92. The number of piperazine rings is 1. The van der Waals surface area contributed by atoms with E-state index in [1.807, 2.05) is 35.4 Å². The van der Waals surface area contributed by atoms with Crippen LogP contribution in [0.2, 0.25) is 0 Å². The molecule has 12 nitrogen and oxygen atoms in total. The van der Waals surface area contributed by atoms with Crippen LogP contribution in [0.5, 0.6) is 0 Å². The molecular formula is C24H32N10O2. The second-order valence-electron chi connectivity index (χ2n) is 9.49. The van der Waals surface area contributed by atoms with Crippen LogP contribution in [0.25, 0.3) is 0 Å². The lowest BCUT2D eigenvalue weighted by molar-refractivity contribution is 0.0942. The van der Waals surface area contributed by atoms with Gasteiger partial charge in [-0.3, -0.25) is 24.7 Å². The third-order valence-corrected chi connectivity index (χ3v) is 7.36. The second-order valence-corrected chi connectivity index (χ2v) is 9.49. The van der Waals surface area contributed by atoms with Crippen molar-refractivity contribution in [3.63, 3.8) is 0 Å². The molecule has 2 unspecified atom stereocenters. The number of carbonyl (C=O) groups excluding carboxylic acids is 1. The lowest BCUT2D eigenvalue weighted by Crippen LogP contribution is -2.51. The highest BCUT2D eigenvalue weighted by atomic mass is 16.3. The first-order valence-corrected chi connectivity index (χ1v) is 12.7. The number of piperidine rings is 1. The Bertz CT molecular complexity index is 1150. The molecule has 4 aliphatic heterocycles. The summed E-state index contributed by atoms with van der Waals surface area (Å²) < 4.78 is 0. The van der Waals surface area contributed by atoms with E-state index in [0.29, 0.717) is 0 Å². The highest BCUT2D eigenvalue weighted by Gasteiger charge is 2.41. The molecule has 1 amide bonds. The fourth-order valence-corrected chi connectivity index (χ4v) is 5.55. The minimum Gasteiger partial charge on any atom is -0.356 e. The van der Waals surface area contributed by atoms with Crippen molar-refractivity contribution in [3.8, 4) is 0 Å². The first-order valence-electron chi connectivity index (χ1n) is 12.7. The van der Waals surface area contributed by atoms with Gasteiger partial charge in [0.15, 0.2) is 0 Å². The van der Waals surface area contributed by atoms with E-state index in [0.717, 1.165) is 75.6 Å². The number of nitrogens with zero attached hydrogens (tertiary/aromatic N) is 6. The zero-order valence-electron chi connectivity index (χ0n) is 20.1. The Hall–Kier alpha value is -3.32. The van der Waals surface area contributed by atoms with Gasteiger partial charge in [0, 0.05) is 51.1 Å². The molecule has 2 fully saturated rings. The molecule has 0 radical (unpaired) electrons. The first kappa shape index (κ1) is 23.1.